The summed E-state index contributed by atoms with van der Waals surface area (Å²) in [5.41, 5.74) is 0.646. The molecule has 0 aromatic heterocycles. The average molecular weight is 422 g/mol. The van der Waals surface area contributed by atoms with Crippen LogP contribution in [0.1, 0.15) is 57.1 Å². The number of amides is 1. The van der Waals surface area contributed by atoms with Crippen LogP contribution in [0.5, 0.6) is 0 Å². The number of aliphatic carboxylic acids is 1. The lowest BCUT2D eigenvalue weighted by Crippen LogP contribution is -2.51. The van der Waals surface area contributed by atoms with E-state index in [2.05, 4.69) is 0 Å². The van der Waals surface area contributed by atoms with Crippen molar-refractivity contribution in [3.05, 3.63) is 34.9 Å². The molecule has 1 aliphatic heterocycles. The largest absolute Gasteiger partial charge is 0.481 e. The van der Waals surface area contributed by atoms with E-state index in [-0.39, 0.29) is 29.8 Å². The number of carbonyl (C=O) groups excluding carboxylic acids is 2. The number of carboxylic acids is 1. The fraction of sp³-hybridized carbons (Fsp3) is 0.591. The molecule has 1 saturated heterocycles. The molecule has 0 spiro atoms. The summed E-state index contributed by atoms with van der Waals surface area (Å²) in [7, 11) is 0. The molecular formula is C22H28ClNO5. The van der Waals surface area contributed by atoms with E-state index in [1.807, 2.05) is 24.0 Å². The quantitative estimate of drug-likeness (QED) is 0.580. The van der Waals surface area contributed by atoms with Gasteiger partial charge < -0.3 is 19.5 Å². The lowest BCUT2D eigenvalue weighted by molar-refractivity contribution is -0.153. The van der Waals surface area contributed by atoms with Crippen molar-refractivity contribution >= 4 is 29.8 Å². The molecule has 1 amide bonds. The molecule has 0 bridgehead atoms. The zero-order valence-corrected chi connectivity index (χ0v) is 17.4. The van der Waals surface area contributed by atoms with E-state index in [1.165, 1.54) is 0 Å². The minimum Gasteiger partial charge on any atom is -0.481 e. The summed E-state index contributed by atoms with van der Waals surface area (Å²) in [6.07, 6.45) is 4.44. The van der Waals surface area contributed by atoms with Crippen molar-refractivity contribution in [1.29, 1.82) is 0 Å². The first kappa shape index (κ1) is 21.8. The normalized spacial score (nSPS) is 24.2. The predicted octanol–water partition coefficient (Wildman–Crippen LogP) is 3.87. The number of halogens is 1. The number of ether oxygens (including phenoxy) is 1. The summed E-state index contributed by atoms with van der Waals surface area (Å²) < 4.78 is 5.86. The molecule has 2 aliphatic rings. The van der Waals surface area contributed by atoms with Crippen LogP contribution in [-0.4, -0.2) is 47.4 Å². The lowest BCUT2D eigenvalue weighted by atomic mass is 9.85. The van der Waals surface area contributed by atoms with Gasteiger partial charge in [-0.2, -0.15) is 0 Å². The van der Waals surface area contributed by atoms with Crippen molar-refractivity contribution in [3.8, 4) is 0 Å². The molecule has 1 heterocycles. The first-order chi connectivity index (χ1) is 13.9. The molecule has 3 rings (SSSR count). The molecule has 158 valence electrons. The molecule has 0 unspecified atom stereocenters. The van der Waals surface area contributed by atoms with Gasteiger partial charge in [-0.25, -0.2) is 0 Å². The number of benzene rings is 1. The number of likely N-dealkylation sites (tertiary alicyclic amines) is 1. The van der Waals surface area contributed by atoms with E-state index >= 15 is 0 Å². The summed E-state index contributed by atoms with van der Waals surface area (Å²) >= 11 is 6.02. The molecule has 6 nitrogen and oxygen atoms in total. The van der Waals surface area contributed by atoms with Gasteiger partial charge in [0.1, 0.15) is 6.29 Å². The number of hydrogen-bond acceptors (Lipinski definition) is 4. The third-order valence-electron chi connectivity index (χ3n) is 6.11. The van der Waals surface area contributed by atoms with Crippen LogP contribution in [-0.2, 0) is 19.1 Å². The van der Waals surface area contributed by atoms with Gasteiger partial charge in [-0.05, 0) is 49.8 Å². The second kappa shape index (κ2) is 9.26. The van der Waals surface area contributed by atoms with Gasteiger partial charge in [-0.1, -0.05) is 30.7 Å². The van der Waals surface area contributed by atoms with Gasteiger partial charge in [0.25, 0.3) is 0 Å². The van der Waals surface area contributed by atoms with E-state index in [1.54, 1.807) is 12.1 Å². The van der Waals surface area contributed by atoms with Crippen LogP contribution < -0.4 is 0 Å². The first-order valence-corrected chi connectivity index (χ1v) is 10.6. The molecule has 1 aromatic carbocycles. The van der Waals surface area contributed by atoms with Gasteiger partial charge in [0.15, 0.2) is 0 Å². The molecular weight excluding hydrogens is 394 g/mol. The molecule has 1 N–H and O–H groups in total. The van der Waals surface area contributed by atoms with Crippen molar-refractivity contribution in [1.82, 2.24) is 4.90 Å². The monoisotopic (exact) mass is 421 g/mol. The highest BCUT2D eigenvalue weighted by atomic mass is 35.5. The summed E-state index contributed by atoms with van der Waals surface area (Å²) in [4.78, 5) is 37.5. The molecule has 1 aliphatic carbocycles. The SMILES string of the molecule is CC[C@@H](COCC1(C=O)CC1)N1C(=O)[C@@H](CC(=O)O)CC[C@H]1c1ccc(Cl)cc1. The van der Waals surface area contributed by atoms with Gasteiger partial charge in [0.2, 0.25) is 5.91 Å². The van der Waals surface area contributed by atoms with Gasteiger partial charge >= 0.3 is 5.97 Å². The summed E-state index contributed by atoms with van der Waals surface area (Å²) in [5.74, 6) is -1.61. The number of nitrogens with zero attached hydrogens (tertiary/aromatic N) is 1. The maximum absolute atomic E-state index is 13.3. The summed E-state index contributed by atoms with van der Waals surface area (Å²) in [5, 5.41) is 9.83. The highest BCUT2D eigenvalue weighted by Gasteiger charge is 2.44. The number of carboxylic acid groups (broad SMARTS) is 1. The molecule has 0 radical (unpaired) electrons. The van der Waals surface area contributed by atoms with Crippen molar-refractivity contribution in [2.45, 2.75) is 57.5 Å². The summed E-state index contributed by atoms with van der Waals surface area (Å²) in [6, 6.07) is 7.14. The molecule has 3 atom stereocenters. The third-order valence-corrected chi connectivity index (χ3v) is 6.36. The van der Waals surface area contributed by atoms with E-state index < -0.39 is 11.9 Å². The Labute approximate surface area is 176 Å². The molecule has 1 aromatic rings. The van der Waals surface area contributed by atoms with E-state index in [0.717, 1.165) is 24.7 Å². The Balaban J connectivity index is 1.79. The van der Waals surface area contributed by atoms with Gasteiger partial charge in [-0.3, -0.25) is 9.59 Å². The van der Waals surface area contributed by atoms with Crippen LogP contribution >= 0.6 is 11.6 Å². The second-order valence-corrected chi connectivity index (χ2v) is 8.68. The minimum absolute atomic E-state index is 0.134. The molecule has 1 saturated carbocycles. The first-order valence-electron chi connectivity index (χ1n) is 10.2. The van der Waals surface area contributed by atoms with Crippen LogP contribution in [0.25, 0.3) is 0 Å². The van der Waals surface area contributed by atoms with Gasteiger partial charge in [-0.15, -0.1) is 0 Å². The Kier molecular flexibility index (Phi) is 6.96. The van der Waals surface area contributed by atoms with Crippen molar-refractivity contribution in [2.24, 2.45) is 11.3 Å². The van der Waals surface area contributed by atoms with Gasteiger partial charge in [0.05, 0.1) is 31.7 Å². The summed E-state index contributed by atoms with van der Waals surface area (Å²) in [6.45, 7) is 2.70. The minimum atomic E-state index is -0.959. The zero-order chi connectivity index (χ0) is 21.0. The molecule has 7 heteroatoms. The number of carbonyl (C=O) groups is 3. The van der Waals surface area contributed by atoms with Crippen LogP contribution in [0.3, 0.4) is 0 Å². The number of aldehydes is 1. The lowest BCUT2D eigenvalue weighted by Gasteiger charge is -2.44. The van der Waals surface area contributed by atoms with Crippen LogP contribution in [0.2, 0.25) is 5.02 Å². The maximum Gasteiger partial charge on any atom is 0.304 e. The Hall–Kier alpha value is -1.92. The Bertz CT molecular complexity index is 746. The van der Waals surface area contributed by atoms with Crippen LogP contribution in [0.4, 0.5) is 0 Å². The maximum atomic E-state index is 13.3. The Morgan fingerprint density at radius 1 is 1.34 bits per heavy atom. The number of rotatable bonds is 10. The Morgan fingerprint density at radius 3 is 2.59 bits per heavy atom. The highest BCUT2D eigenvalue weighted by Crippen LogP contribution is 2.44. The topological polar surface area (TPSA) is 83.9 Å². The van der Waals surface area contributed by atoms with E-state index in [0.29, 0.717) is 37.5 Å². The second-order valence-electron chi connectivity index (χ2n) is 8.24. The van der Waals surface area contributed by atoms with Crippen molar-refractivity contribution in [2.75, 3.05) is 13.2 Å². The smallest absolute Gasteiger partial charge is 0.304 e. The van der Waals surface area contributed by atoms with Crippen molar-refractivity contribution in [3.63, 3.8) is 0 Å². The van der Waals surface area contributed by atoms with E-state index in [4.69, 9.17) is 16.3 Å². The third kappa shape index (κ3) is 5.17. The fourth-order valence-electron chi connectivity index (χ4n) is 4.08. The zero-order valence-electron chi connectivity index (χ0n) is 16.7. The van der Waals surface area contributed by atoms with Crippen LogP contribution in [0.15, 0.2) is 24.3 Å². The predicted molar refractivity (Wildman–Crippen MR) is 109 cm³/mol. The van der Waals surface area contributed by atoms with Crippen molar-refractivity contribution < 1.29 is 24.2 Å². The fourth-order valence-corrected chi connectivity index (χ4v) is 4.21. The van der Waals surface area contributed by atoms with Gasteiger partial charge in [0, 0.05) is 16.4 Å². The van der Waals surface area contributed by atoms with Crippen LogP contribution in [0, 0.1) is 11.3 Å². The highest BCUT2D eigenvalue weighted by molar-refractivity contribution is 6.30. The van der Waals surface area contributed by atoms with E-state index in [9.17, 15) is 19.5 Å². The Morgan fingerprint density at radius 2 is 2.03 bits per heavy atom. The average Bonchev–Trinajstić information content (AvgIpc) is 3.48. The molecule has 2 fully saturated rings. The number of hydrogen-bond donors (Lipinski definition) is 1. The molecule has 29 heavy (non-hydrogen) atoms. The number of piperidine rings is 1. The standard InChI is InChI=1S/C22H28ClNO5/c1-2-18(12-29-14-22(13-25)9-10-22)24-19(15-3-6-17(23)7-4-15)8-5-16(21(24)28)11-20(26)27/h3-4,6-7,13,16,18-19H,2,5,8-12,14H2,1H3,(H,26,27)/t16-,18+,19+/m1/s1.